The van der Waals surface area contributed by atoms with Gasteiger partial charge in [0, 0.05) is 12.5 Å². The normalized spacial score (nSPS) is 12.8. The number of carboxylic acid groups (broad SMARTS) is 1. The van der Waals surface area contributed by atoms with Gasteiger partial charge in [-0.1, -0.05) is 12.1 Å². The first-order valence-corrected chi connectivity index (χ1v) is 4.37. The van der Waals surface area contributed by atoms with E-state index in [1.807, 2.05) is 0 Å². The predicted octanol–water partition coefficient (Wildman–Crippen LogP) is 2.04. The molecule has 0 heterocycles. The summed E-state index contributed by atoms with van der Waals surface area (Å²) in [6.07, 6.45) is -2.88. The monoisotopic (exact) mass is 215 g/mol. The third-order valence-corrected chi connectivity index (χ3v) is 2.02. The Hall–Kier alpha value is -1.49. The Morgan fingerprint density at radius 3 is 2.27 bits per heavy atom. The minimum atomic E-state index is -2.46. The van der Waals surface area contributed by atoms with E-state index < -0.39 is 24.9 Å². The van der Waals surface area contributed by atoms with Crippen molar-refractivity contribution in [3.63, 3.8) is 0 Å². The van der Waals surface area contributed by atoms with Crippen LogP contribution in [0.15, 0.2) is 24.3 Å². The molecule has 0 amide bonds. The van der Waals surface area contributed by atoms with Gasteiger partial charge in [0.2, 0.25) is 6.43 Å². The maximum absolute atomic E-state index is 12.0. The summed E-state index contributed by atoms with van der Waals surface area (Å²) in [5, 5.41) is 8.61. The van der Waals surface area contributed by atoms with Crippen molar-refractivity contribution in [2.24, 2.45) is 5.73 Å². The van der Waals surface area contributed by atoms with Crippen LogP contribution in [0, 0.1) is 0 Å². The Balaban J connectivity index is 2.75. The highest BCUT2D eigenvalue weighted by atomic mass is 19.3. The van der Waals surface area contributed by atoms with Crippen LogP contribution in [0.3, 0.4) is 0 Å². The van der Waals surface area contributed by atoms with E-state index in [-0.39, 0.29) is 5.56 Å². The van der Waals surface area contributed by atoms with Crippen molar-refractivity contribution in [2.75, 3.05) is 0 Å². The molecule has 3 nitrogen and oxygen atoms in total. The van der Waals surface area contributed by atoms with Crippen molar-refractivity contribution in [1.29, 1.82) is 0 Å². The third-order valence-electron chi connectivity index (χ3n) is 2.02. The van der Waals surface area contributed by atoms with Gasteiger partial charge in [-0.05, 0) is 17.7 Å². The highest BCUT2D eigenvalue weighted by Crippen LogP contribution is 2.18. The van der Waals surface area contributed by atoms with E-state index in [0.717, 1.165) is 0 Å². The lowest BCUT2D eigenvalue weighted by Crippen LogP contribution is -2.14. The number of aromatic carboxylic acids is 1. The van der Waals surface area contributed by atoms with Gasteiger partial charge in [-0.3, -0.25) is 0 Å². The highest BCUT2D eigenvalue weighted by molar-refractivity contribution is 5.87. The summed E-state index contributed by atoms with van der Waals surface area (Å²) in [6.45, 7) is 0. The topological polar surface area (TPSA) is 63.3 Å². The first-order chi connectivity index (χ1) is 7.00. The Morgan fingerprint density at radius 1 is 1.33 bits per heavy atom. The molecule has 0 aliphatic heterocycles. The summed E-state index contributed by atoms with van der Waals surface area (Å²) in [4.78, 5) is 10.5. The number of carboxylic acids is 1. The number of halogens is 2. The van der Waals surface area contributed by atoms with Gasteiger partial charge >= 0.3 is 5.97 Å². The molecule has 1 rings (SSSR count). The molecule has 0 saturated heterocycles. The molecule has 1 aromatic rings. The van der Waals surface area contributed by atoms with E-state index in [1.54, 1.807) is 0 Å². The fourth-order valence-corrected chi connectivity index (χ4v) is 1.20. The van der Waals surface area contributed by atoms with Crippen LogP contribution in [-0.4, -0.2) is 17.5 Å². The minimum absolute atomic E-state index is 0.114. The predicted molar refractivity (Wildman–Crippen MR) is 51.0 cm³/mol. The molecule has 0 radical (unpaired) electrons. The second-order valence-corrected chi connectivity index (χ2v) is 3.16. The van der Waals surface area contributed by atoms with Crippen LogP contribution in [0.2, 0.25) is 0 Å². The maximum Gasteiger partial charge on any atom is 0.335 e. The van der Waals surface area contributed by atoms with Crippen LogP contribution in [0.5, 0.6) is 0 Å². The lowest BCUT2D eigenvalue weighted by atomic mass is 10.0. The molecule has 3 N–H and O–H groups in total. The molecule has 15 heavy (non-hydrogen) atoms. The molecule has 0 aliphatic rings. The maximum atomic E-state index is 12.0. The number of carbonyl (C=O) groups is 1. The average Bonchev–Trinajstić information content (AvgIpc) is 2.17. The zero-order chi connectivity index (χ0) is 11.4. The largest absolute Gasteiger partial charge is 0.478 e. The number of hydrogen-bond donors (Lipinski definition) is 2. The molecule has 0 spiro atoms. The van der Waals surface area contributed by atoms with Gasteiger partial charge in [0.05, 0.1) is 5.56 Å². The summed E-state index contributed by atoms with van der Waals surface area (Å²) in [5.41, 5.74) is 6.12. The second kappa shape index (κ2) is 4.84. The van der Waals surface area contributed by atoms with E-state index in [2.05, 4.69) is 0 Å². The second-order valence-electron chi connectivity index (χ2n) is 3.16. The Morgan fingerprint density at radius 2 is 1.87 bits per heavy atom. The first kappa shape index (κ1) is 11.6. The zero-order valence-corrected chi connectivity index (χ0v) is 7.86. The zero-order valence-electron chi connectivity index (χ0n) is 7.86. The van der Waals surface area contributed by atoms with E-state index in [0.29, 0.717) is 5.56 Å². The molecule has 0 aliphatic carbocycles. The van der Waals surface area contributed by atoms with Crippen molar-refractivity contribution < 1.29 is 18.7 Å². The van der Waals surface area contributed by atoms with Crippen LogP contribution in [-0.2, 0) is 0 Å². The van der Waals surface area contributed by atoms with Gasteiger partial charge in [-0.15, -0.1) is 0 Å². The Bertz CT molecular complexity index is 338. The molecule has 0 bridgehead atoms. The van der Waals surface area contributed by atoms with Crippen molar-refractivity contribution in [1.82, 2.24) is 0 Å². The van der Waals surface area contributed by atoms with Crippen LogP contribution < -0.4 is 5.73 Å². The number of nitrogens with two attached hydrogens (primary N) is 1. The average molecular weight is 215 g/mol. The van der Waals surface area contributed by atoms with Crippen LogP contribution in [0.25, 0.3) is 0 Å². The van der Waals surface area contributed by atoms with E-state index >= 15 is 0 Å². The van der Waals surface area contributed by atoms with E-state index in [4.69, 9.17) is 10.8 Å². The van der Waals surface area contributed by atoms with Gasteiger partial charge in [0.1, 0.15) is 0 Å². The highest BCUT2D eigenvalue weighted by Gasteiger charge is 2.13. The third kappa shape index (κ3) is 3.28. The summed E-state index contributed by atoms with van der Waals surface area (Å²) in [7, 11) is 0. The molecule has 1 atom stereocenters. The van der Waals surface area contributed by atoms with Crippen LogP contribution >= 0.6 is 0 Å². The van der Waals surface area contributed by atoms with Crippen molar-refractivity contribution in [3.8, 4) is 0 Å². The summed E-state index contributed by atoms with van der Waals surface area (Å²) in [6, 6.07) is 4.85. The number of hydrogen-bond acceptors (Lipinski definition) is 2. The number of benzene rings is 1. The Labute approximate surface area is 85.5 Å². The standard InChI is InChI=1S/C10H11F2NO2/c11-9(12)5-8(13)6-1-3-7(4-2-6)10(14)15/h1-4,8-9H,5,13H2,(H,14,15)/t8-/m0/s1. The molecule has 0 fully saturated rings. The summed E-state index contributed by atoms with van der Waals surface area (Å²) in [5.74, 6) is -1.05. The fraction of sp³-hybridized carbons (Fsp3) is 0.300. The quantitative estimate of drug-likeness (QED) is 0.807. The van der Waals surface area contributed by atoms with E-state index in [1.165, 1.54) is 24.3 Å². The Kier molecular flexibility index (Phi) is 3.74. The van der Waals surface area contributed by atoms with Gasteiger partial charge in [-0.25, -0.2) is 13.6 Å². The van der Waals surface area contributed by atoms with Crippen molar-refractivity contribution in [2.45, 2.75) is 18.9 Å². The van der Waals surface area contributed by atoms with Gasteiger partial charge < -0.3 is 10.8 Å². The molecular formula is C10H11F2NO2. The minimum Gasteiger partial charge on any atom is -0.478 e. The SMILES string of the molecule is N[C@@H](CC(F)F)c1ccc(C(=O)O)cc1. The molecule has 0 saturated carbocycles. The van der Waals surface area contributed by atoms with E-state index in [9.17, 15) is 13.6 Å². The molecule has 5 heteroatoms. The summed E-state index contributed by atoms with van der Waals surface area (Å²) < 4.78 is 24.0. The fourth-order valence-electron chi connectivity index (χ4n) is 1.20. The van der Waals surface area contributed by atoms with Crippen molar-refractivity contribution in [3.05, 3.63) is 35.4 Å². The van der Waals surface area contributed by atoms with Gasteiger partial charge in [-0.2, -0.15) is 0 Å². The first-order valence-electron chi connectivity index (χ1n) is 4.37. The molecule has 1 aromatic carbocycles. The summed E-state index contributed by atoms with van der Waals surface area (Å²) >= 11 is 0. The van der Waals surface area contributed by atoms with Crippen molar-refractivity contribution >= 4 is 5.97 Å². The number of rotatable bonds is 4. The molecule has 0 aromatic heterocycles. The molecular weight excluding hydrogens is 204 g/mol. The van der Waals surface area contributed by atoms with Crippen LogP contribution in [0.1, 0.15) is 28.4 Å². The molecule has 82 valence electrons. The van der Waals surface area contributed by atoms with Gasteiger partial charge in [0.15, 0.2) is 0 Å². The van der Waals surface area contributed by atoms with Crippen LogP contribution in [0.4, 0.5) is 8.78 Å². The lowest BCUT2D eigenvalue weighted by Gasteiger charge is -2.11. The molecule has 0 unspecified atom stereocenters. The van der Waals surface area contributed by atoms with Gasteiger partial charge in [0.25, 0.3) is 0 Å². The lowest BCUT2D eigenvalue weighted by molar-refractivity contribution is 0.0696. The number of alkyl halides is 2. The smallest absolute Gasteiger partial charge is 0.335 e.